The molecule has 0 fully saturated rings. The lowest BCUT2D eigenvalue weighted by molar-refractivity contribution is -0.138. The maximum atomic E-state index is 14.1. The van der Waals surface area contributed by atoms with Gasteiger partial charge in [-0.15, -0.1) is 0 Å². The fourth-order valence-electron chi connectivity index (χ4n) is 4.97. The molecule has 3 aromatic carbocycles. The van der Waals surface area contributed by atoms with E-state index < -0.39 is 12.0 Å². The number of thiazole rings is 1. The largest absolute Gasteiger partial charge is 0.463 e. The molecule has 2 aliphatic rings. The highest BCUT2D eigenvalue weighted by Crippen LogP contribution is 2.40. The van der Waals surface area contributed by atoms with Gasteiger partial charge < -0.3 is 19.1 Å². The number of rotatable bonds is 6. The predicted octanol–water partition coefficient (Wildman–Crippen LogP) is 4.49. The molecule has 8 nitrogen and oxygen atoms in total. The highest BCUT2D eigenvalue weighted by Gasteiger charge is 2.36. The molecule has 208 valence electrons. The van der Waals surface area contributed by atoms with E-state index in [0.29, 0.717) is 32.1 Å². The number of hydrogen-bond acceptors (Lipinski definition) is 8. The Morgan fingerprint density at radius 2 is 1.90 bits per heavy atom. The highest BCUT2D eigenvalue weighted by atomic mass is 79.9. The molecule has 0 aliphatic carbocycles. The average Bonchev–Trinajstić information content (AvgIpc) is 3.56. The molecule has 1 atom stereocenters. The number of carbonyl (C=O) groups is 1. The van der Waals surface area contributed by atoms with E-state index in [9.17, 15) is 9.59 Å². The van der Waals surface area contributed by atoms with Gasteiger partial charge in [0, 0.05) is 24.1 Å². The third-order valence-corrected chi connectivity index (χ3v) is 8.46. The first-order chi connectivity index (χ1) is 19.9. The summed E-state index contributed by atoms with van der Waals surface area (Å²) >= 11 is 4.92. The molecule has 10 heteroatoms. The molecule has 0 amide bonds. The molecule has 0 unspecified atom stereocenters. The number of fused-ring (bicyclic) bond motifs is 2. The summed E-state index contributed by atoms with van der Waals surface area (Å²) in [6, 6.07) is 20.1. The maximum Gasteiger partial charge on any atom is 0.338 e. The van der Waals surface area contributed by atoms with E-state index in [4.69, 9.17) is 19.2 Å². The van der Waals surface area contributed by atoms with E-state index in [2.05, 4.69) is 15.9 Å². The van der Waals surface area contributed by atoms with Crippen molar-refractivity contribution in [3.8, 4) is 11.5 Å². The van der Waals surface area contributed by atoms with Crippen LogP contribution in [-0.4, -0.2) is 38.0 Å². The van der Waals surface area contributed by atoms with Gasteiger partial charge in [-0.05, 0) is 64.3 Å². The third kappa shape index (κ3) is 4.98. The minimum atomic E-state index is -0.792. The van der Waals surface area contributed by atoms with Gasteiger partial charge in [0.15, 0.2) is 16.3 Å². The van der Waals surface area contributed by atoms with Gasteiger partial charge in [-0.1, -0.05) is 53.8 Å². The van der Waals surface area contributed by atoms with Gasteiger partial charge in [0.2, 0.25) is 6.79 Å². The number of benzene rings is 3. The molecular formula is C31H26BrN3O5S. The van der Waals surface area contributed by atoms with Crippen molar-refractivity contribution < 1.29 is 19.0 Å². The smallest absolute Gasteiger partial charge is 0.338 e. The summed E-state index contributed by atoms with van der Waals surface area (Å²) in [6.45, 7) is 2.05. The zero-order chi connectivity index (χ0) is 28.7. The minimum absolute atomic E-state index is 0.111. The summed E-state index contributed by atoms with van der Waals surface area (Å²) in [5, 5.41) is 0. The number of esters is 1. The van der Waals surface area contributed by atoms with E-state index in [0.717, 1.165) is 21.3 Å². The van der Waals surface area contributed by atoms with E-state index in [1.54, 1.807) is 17.6 Å². The lowest BCUT2D eigenvalue weighted by Crippen LogP contribution is -2.40. The van der Waals surface area contributed by atoms with Crippen LogP contribution in [0.15, 0.2) is 86.6 Å². The second-order valence-electron chi connectivity index (χ2n) is 9.65. The molecule has 3 heterocycles. The molecule has 41 heavy (non-hydrogen) atoms. The van der Waals surface area contributed by atoms with Crippen LogP contribution in [0.25, 0.3) is 11.8 Å². The SMILES string of the molecule is CCOC(=O)C1=C(c2ccccc2)N=c2s/c(=C\c3ccc(N(C)C)c(Br)c3)c(=O)n2[C@@H]1c1ccc2c(c1)OCO2. The number of hydrogen-bond donors (Lipinski definition) is 0. The van der Waals surface area contributed by atoms with Crippen molar-refractivity contribution in [2.24, 2.45) is 4.99 Å². The van der Waals surface area contributed by atoms with Crippen molar-refractivity contribution >= 4 is 50.7 Å². The number of carbonyl (C=O) groups excluding carboxylic acids is 1. The summed E-state index contributed by atoms with van der Waals surface area (Å²) in [6.07, 6.45) is 1.85. The second kappa shape index (κ2) is 11.0. The van der Waals surface area contributed by atoms with E-state index >= 15 is 0 Å². The lowest BCUT2D eigenvalue weighted by atomic mass is 9.93. The number of halogens is 1. The normalized spacial score (nSPS) is 15.9. The standard InChI is InChI=1S/C31H26BrN3O5S/c1-4-38-30(37)26-27(19-8-6-5-7-9-19)33-31-35(28(26)20-11-13-23-24(16-20)40-17-39-23)29(36)25(41-31)15-18-10-12-22(34(2)3)21(32)14-18/h5-16,28H,4,17H2,1-3H3/b25-15-/t28-/m1/s1. The average molecular weight is 633 g/mol. The Hall–Kier alpha value is -4.15. The Morgan fingerprint density at radius 3 is 2.63 bits per heavy atom. The third-order valence-electron chi connectivity index (χ3n) is 6.84. The number of aromatic nitrogens is 1. The summed E-state index contributed by atoms with van der Waals surface area (Å²) in [7, 11) is 3.94. The molecule has 2 aliphatic heterocycles. The van der Waals surface area contributed by atoms with E-state index in [1.807, 2.05) is 85.7 Å². The van der Waals surface area contributed by atoms with Gasteiger partial charge in [0.1, 0.15) is 0 Å². The first-order valence-corrected chi connectivity index (χ1v) is 14.6. The summed E-state index contributed by atoms with van der Waals surface area (Å²) in [4.78, 5) is 35.1. The Morgan fingerprint density at radius 1 is 1.12 bits per heavy atom. The van der Waals surface area contributed by atoms with Crippen LogP contribution in [0.3, 0.4) is 0 Å². The molecule has 0 saturated carbocycles. The van der Waals surface area contributed by atoms with Crippen molar-refractivity contribution in [2.45, 2.75) is 13.0 Å². The zero-order valence-corrected chi connectivity index (χ0v) is 25.0. The van der Waals surface area contributed by atoms with Crippen LogP contribution in [-0.2, 0) is 9.53 Å². The van der Waals surface area contributed by atoms with Crippen LogP contribution in [0.5, 0.6) is 11.5 Å². The summed E-state index contributed by atoms with van der Waals surface area (Å²) in [5.74, 6) is 0.630. The zero-order valence-electron chi connectivity index (χ0n) is 22.6. The highest BCUT2D eigenvalue weighted by molar-refractivity contribution is 9.10. The molecule has 0 spiro atoms. The quantitative estimate of drug-likeness (QED) is 0.292. The van der Waals surface area contributed by atoms with Crippen LogP contribution in [0.1, 0.15) is 29.7 Å². The fraction of sp³-hybridized carbons (Fsp3) is 0.194. The molecule has 0 saturated heterocycles. The first kappa shape index (κ1) is 27.0. The van der Waals surface area contributed by atoms with Crippen molar-refractivity contribution in [3.63, 3.8) is 0 Å². The van der Waals surface area contributed by atoms with E-state index in [-0.39, 0.29) is 24.5 Å². The maximum absolute atomic E-state index is 14.1. The lowest BCUT2D eigenvalue weighted by Gasteiger charge is -2.26. The van der Waals surface area contributed by atoms with Crippen molar-refractivity contribution in [1.29, 1.82) is 0 Å². The molecule has 4 aromatic rings. The van der Waals surface area contributed by atoms with E-state index in [1.165, 1.54) is 11.3 Å². The van der Waals surface area contributed by atoms with Crippen molar-refractivity contribution in [1.82, 2.24) is 4.57 Å². The Kier molecular flexibility index (Phi) is 7.27. The molecular weight excluding hydrogens is 606 g/mol. The van der Waals surface area contributed by atoms with Crippen molar-refractivity contribution in [2.75, 3.05) is 32.4 Å². The fourth-order valence-corrected chi connectivity index (χ4v) is 6.72. The van der Waals surface area contributed by atoms with Crippen LogP contribution in [0.4, 0.5) is 5.69 Å². The topological polar surface area (TPSA) is 82.4 Å². The minimum Gasteiger partial charge on any atom is -0.463 e. The molecule has 0 radical (unpaired) electrons. The Labute approximate surface area is 248 Å². The summed E-state index contributed by atoms with van der Waals surface area (Å²) < 4.78 is 19.7. The van der Waals surface area contributed by atoms with Crippen LogP contribution in [0, 0.1) is 0 Å². The Balaban J connectivity index is 1.61. The second-order valence-corrected chi connectivity index (χ2v) is 11.5. The van der Waals surface area contributed by atoms with Gasteiger partial charge in [-0.3, -0.25) is 9.36 Å². The van der Waals surface area contributed by atoms with Crippen LogP contribution >= 0.6 is 27.3 Å². The van der Waals surface area contributed by atoms with Gasteiger partial charge in [-0.2, -0.15) is 0 Å². The van der Waals surface area contributed by atoms with Crippen molar-refractivity contribution in [3.05, 3.63) is 113 Å². The van der Waals surface area contributed by atoms with Gasteiger partial charge >= 0.3 is 5.97 Å². The Bertz CT molecular complexity index is 1880. The number of nitrogens with zero attached hydrogens (tertiary/aromatic N) is 3. The summed E-state index contributed by atoms with van der Waals surface area (Å²) in [5.41, 5.74) is 3.83. The molecule has 6 rings (SSSR count). The van der Waals surface area contributed by atoms with Crippen LogP contribution < -0.4 is 29.3 Å². The number of anilines is 1. The van der Waals surface area contributed by atoms with Crippen LogP contribution in [0.2, 0.25) is 0 Å². The molecule has 0 bridgehead atoms. The number of ether oxygens (including phenoxy) is 3. The molecule has 0 N–H and O–H groups in total. The monoisotopic (exact) mass is 631 g/mol. The first-order valence-electron chi connectivity index (χ1n) is 13.0. The van der Waals surface area contributed by atoms with Gasteiger partial charge in [0.25, 0.3) is 5.56 Å². The van der Waals surface area contributed by atoms with Gasteiger partial charge in [0.05, 0.1) is 34.1 Å². The van der Waals surface area contributed by atoms with Gasteiger partial charge in [-0.25, -0.2) is 9.79 Å². The molecule has 1 aromatic heterocycles. The predicted molar refractivity (Wildman–Crippen MR) is 162 cm³/mol.